The summed E-state index contributed by atoms with van der Waals surface area (Å²) in [5.41, 5.74) is 1.98. The summed E-state index contributed by atoms with van der Waals surface area (Å²) in [5.74, 6) is 2.38. The molecule has 8 heteroatoms. The van der Waals surface area contributed by atoms with E-state index < -0.39 is 0 Å². The second-order valence-corrected chi connectivity index (χ2v) is 7.92. The maximum Gasteiger partial charge on any atom is 0.193 e. The predicted octanol–water partition coefficient (Wildman–Crippen LogP) is 6.13. The number of aromatic nitrogens is 2. The standard InChI is InChI=1S/C19H15ClN2O3.C3H6BrCl/c20-6-2-8-24-14-4-5-18-15(10-14)17(23)11-19(25-18)16-9-13-3-1-7-22(13)12-21-16;4-2-1-3-5/h1,3-5,7,9-12H,2,6,8H2;1-3H2. The fourth-order valence-electron chi connectivity index (χ4n) is 2.72. The van der Waals surface area contributed by atoms with Gasteiger partial charge in [0.1, 0.15) is 17.0 Å². The lowest BCUT2D eigenvalue weighted by Crippen LogP contribution is -2.03. The second-order valence-electron chi connectivity index (χ2n) is 6.37. The Bertz CT molecular complexity index is 1160. The average molecular weight is 512 g/mol. The zero-order chi connectivity index (χ0) is 21.3. The van der Waals surface area contributed by atoms with Gasteiger partial charge in [0.15, 0.2) is 11.2 Å². The molecule has 0 saturated carbocycles. The van der Waals surface area contributed by atoms with E-state index in [9.17, 15) is 4.79 Å². The molecule has 3 heterocycles. The van der Waals surface area contributed by atoms with Crippen molar-refractivity contribution in [2.24, 2.45) is 0 Å². The summed E-state index contributed by atoms with van der Waals surface area (Å²) in [4.78, 5) is 16.9. The fraction of sp³-hybridized carbons (Fsp3) is 0.273. The van der Waals surface area contributed by atoms with Crippen LogP contribution in [0.25, 0.3) is 27.9 Å². The first-order valence-electron chi connectivity index (χ1n) is 9.48. The molecule has 0 aliphatic heterocycles. The first kappa shape index (κ1) is 22.7. The maximum absolute atomic E-state index is 12.5. The lowest BCUT2D eigenvalue weighted by molar-refractivity contribution is 0.318. The van der Waals surface area contributed by atoms with Gasteiger partial charge in [-0.05, 0) is 49.2 Å². The molecule has 0 saturated heterocycles. The summed E-state index contributed by atoms with van der Waals surface area (Å²) in [6.07, 6.45) is 5.43. The number of alkyl halides is 3. The van der Waals surface area contributed by atoms with Crippen molar-refractivity contribution >= 4 is 55.6 Å². The molecule has 3 aromatic heterocycles. The third-order valence-corrected chi connectivity index (χ3v) is 5.28. The van der Waals surface area contributed by atoms with Gasteiger partial charge in [-0.3, -0.25) is 4.79 Å². The molecule has 0 unspecified atom stereocenters. The Labute approximate surface area is 192 Å². The molecule has 0 radical (unpaired) electrons. The number of benzene rings is 1. The molecule has 0 bridgehead atoms. The van der Waals surface area contributed by atoms with Crippen molar-refractivity contribution in [2.75, 3.05) is 23.7 Å². The molecule has 4 rings (SSSR count). The number of rotatable bonds is 7. The summed E-state index contributed by atoms with van der Waals surface area (Å²) < 4.78 is 13.4. The highest BCUT2D eigenvalue weighted by molar-refractivity contribution is 9.09. The minimum Gasteiger partial charge on any atom is -0.494 e. The first-order chi connectivity index (χ1) is 14.7. The van der Waals surface area contributed by atoms with Crippen LogP contribution in [0.5, 0.6) is 5.75 Å². The zero-order valence-corrected chi connectivity index (χ0v) is 19.3. The van der Waals surface area contributed by atoms with E-state index in [0.717, 1.165) is 29.6 Å². The van der Waals surface area contributed by atoms with Crippen LogP contribution in [-0.4, -0.2) is 33.1 Å². The maximum atomic E-state index is 12.5. The summed E-state index contributed by atoms with van der Waals surface area (Å²) in [6, 6.07) is 12.5. The zero-order valence-electron chi connectivity index (χ0n) is 16.2. The van der Waals surface area contributed by atoms with E-state index in [1.165, 1.54) is 6.07 Å². The number of halogens is 3. The summed E-state index contributed by atoms with van der Waals surface area (Å²) in [7, 11) is 0. The van der Waals surface area contributed by atoms with Gasteiger partial charge in [-0.1, -0.05) is 15.9 Å². The monoisotopic (exact) mass is 510 g/mol. The van der Waals surface area contributed by atoms with E-state index in [4.69, 9.17) is 32.4 Å². The Morgan fingerprint density at radius 3 is 2.67 bits per heavy atom. The van der Waals surface area contributed by atoms with Gasteiger partial charge < -0.3 is 13.6 Å². The van der Waals surface area contributed by atoms with Crippen LogP contribution >= 0.6 is 39.1 Å². The van der Waals surface area contributed by atoms with Crippen LogP contribution in [0, 0.1) is 0 Å². The lowest BCUT2D eigenvalue weighted by Gasteiger charge is -2.07. The third-order valence-electron chi connectivity index (χ3n) is 4.18. The van der Waals surface area contributed by atoms with Gasteiger partial charge in [-0.2, -0.15) is 0 Å². The second kappa shape index (κ2) is 11.4. The molecule has 0 aliphatic carbocycles. The normalized spacial score (nSPS) is 10.8. The van der Waals surface area contributed by atoms with Crippen molar-refractivity contribution in [2.45, 2.75) is 12.8 Å². The summed E-state index contributed by atoms with van der Waals surface area (Å²) >= 11 is 14.1. The first-order valence-corrected chi connectivity index (χ1v) is 11.7. The predicted molar refractivity (Wildman–Crippen MR) is 127 cm³/mol. The van der Waals surface area contributed by atoms with Crippen LogP contribution in [0.15, 0.2) is 64.2 Å². The van der Waals surface area contributed by atoms with Gasteiger partial charge in [0.2, 0.25) is 0 Å². The smallest absolute Gasteiger partial charge is 0.193 e. The van der Waals surface area contributed by atoms with Gasteiger partial charge in [0.05, 0.1) is 18.3 Å². The van der Waals surface area contributed by atoms with E-state index in [2.05, 4.69) is 20.9 Å². The Hall–Kier alpha value is -2.02. The lowest BCUT2D eigenvalue weighted by atomic mass is 10.2. The topological polar surface area (TPSA) is 56.7 Å². The van der Waals surface area contributed by atoms with Crippen molar-refractivity contribution < 1.29 is 9.15 Å². The molecule has 0 fully saturated rings. The van der Waals surface area contributed by atoms with Crippen molar-refractivity contribution in [3.05, 3.63) is 65.2 Å². The van der Waals surface area contributed by atoms with Crippen LogP contribution in [0.1, 0.15) is 12.8 Å². The quantitative estimate of drug-likeness (QED) is 0.221. The molecule has 0 atom stereocenters. The molecule has 4 aromatic rings. The summed E-state index contributed by atoms with van der Waals surface area (Å²) in [6.45, 7) is 0.514. The molecular formula is C22H21BrCl2N2O3. The highest BCUT2D eigenvalue weighted by Crippen LogP contribution is 2.24. The molecule has 30 heavy (non-hydrogen) atoms. The minimum absolute atomic E-state index is 0.129. The highest BCUT2D eigenvalue weighted by Gasteiger charge is 2.10. The Morgan fingerprint density at radius 2 is 1.93 bits per heavy atom. The van der Waals surface area contributed by atoms with Gasteiger partial charge in [-0.15, -0.1) is 23.2 Å². The molecule has 158 valence electrons. The van der Waals surface area contributed by atoms with Crippen LogP contribution in [-0.2, 0) is 0 Å². The number of nitrogens with zero attached hydrogens (tertiary/aromatic N) is 2. The van der Waals surface area contributed by atoms with Crippen LogP contribution < -0.4 is 10.2 Å². The van der Waals surface area contributed by atoms with E-state index in [0.29, 0.717) is 40.7 Å². The van der Waals surface area contributed by atoms with E-state index in [1.54, 1.807) is 24.5 Å². The van der Waals surface area contributed by atoms with Gasteiger partial charge >= 0.3 is 0 Å². The minimum atomic E-state index is -0.129. The molecule has 0 N–H and O–H groups in total. The summed E-state index contributed by atoms with van der Waals surface area (Å²) in [5, 5.41) is 1.51. The fourth-order valence-corrected chi connectivity index (χ4v) is 3.56. The number of hydrogen-bond donors (Lipinski definition) is 0. The average Bonchev–Trinajstić information content (AvgIpc) is 3.23. The van der Waals surface area contributed by atoms with Crippen molar-refractivity contribution in [1.82, 2.24) is 9.38 Å². The van der Waals surface area contributed by atoms with Gasteiger partial charge in [-0.25, -0.2) is 4.98 Å². The largest absolute Gasteiger partial charge is 0.494 e. The van der Waals surface area contributed by atoms with Crippen LogP contribution in [0.4, 0.5) is 0 Å². The van der Waals surface area contributed by atoms with Gasteiger partial charge in [0, 0.05) is 34.9 Å². The van der Waals surface area contributed by atoms with Crippen LogP contribution in [0.2, 0.25) is 0 Å². The Kier molecular flexibility index (Phi) is 8.61. The van der Waals surface area contributed by atoms with Crippen molar-refractivity contribution in [3.63, 3.8) is 0 Å². The van der Waals surface area contributed by atoms with Crippen molar-refractivity contribution in [3.8, 4) is 17.2 Å². The van der Waals surface area contributed by atoms with Crippen LogP contribution in [0.3, 0.4) is 0 Å². The SMILES string of the molecule is ClCCCBr.O=c1cc(-c2cc3cccn3cn2)oc2ccc(OCCCCl)cc12. The van der Waals surface area contributed by atoms with E-state index in [-0.39, 0.29) is 5.43 Å². The highest BCUT2D eigenvalue weighted by atomic mass is 79.9. The molecule has 5 nitrogen and oxygen atoms in total. The number of hydrogen-bond acceptors (Lipinski definition) is 4. The third kappa shape index (κ3) is 5.78. The molecular weight excluding hydrogens is 491 g/mol. The van der Waals surface area contributed by atoms with E-state index >= 15 is 0 Å². The van der Waals surface area contributed by atoms with Gasteiger partial charge in [0.25, 0.3) is 0 Å². The molecule has 0 aliphatic rings. The molecule has 0 spiro atoms. The van der Waals surface area contributed by atoms with Crippen molar-refractivity contribution in [1.29, 1.82) is 0 Å². The molecule has 0 amide bonds. The Balaban J connectivity index is 0.000000461. The Morgan fingerprint density at radius 1 is 1.10 bits per heavy atom. The van der Waals surface area contributed by atoms with E-state index in [1.807, 2.05) is 28.8 Å². The molecule has 1 aromatic carbocycles. The number of fused-ring (bicyclic) bond motifs is 2. The number of ether oxygens (including phenoxy) is 1.